The Kier molecular flexibility index (Phi) is 9.09. The molecule has 0 nitrogen and oxygen atoms in total. The van der Waals surface area contributed by atoms with Gasteiger partial charge in [-0.15, -0.1) is 0 Å². The third kappa shape index (κ3) is 6.93. The summed E-state index contributed by atoms with van der Waals surface area (Å²) >= 11 is -2.73. The standard InChI is InChI=1S/C16H16As2Cl2S4/c19-17-21-9-13-1-2-14(4-3-13)10-22-18(20)24-12-16-7-5-15(6-8-16)11-23-17/h1-8H,9-12H2. The minimum atomic E-state index is -1.37. The van der Waals surface area contributed by atoms with Gasteiger partial charge in [0.15, 0.2) is 0 Å². The first-order valence-corrected chi connectivity index (χ1v) is 25.2. The van der Waals surface area contributed by atoms with Crippen molar-refractivity contribution in [2.45, 2.75) is 23.0 Å². The Morgan fingerprint density at radius 1 is 0.500 bits per heavy atom. The molecule has 0 saturated heterocycles. The summed E-state index contributed by atoms with van der Waals surface area (Å²) < 4.78 is 0. The first-order chi connectivity index (χ1) is 11.7. The maximum absolute atomic E-state index is 6.60. The van der Waals surface area contributed by atoms with Gasteiger partial charge >= 0.3 is 177 Å². The summed E-state index contributed by atoms with van der Waals surface area (Å²) in [5.41, 5.74) is 5.48. The Balaban J connectivity index is 1.70. The van der Waals surface area contributed by atoms with Crippen molar-refractivity contribution in [3.63, 3.8) is 0 Å². The Bertz CT molecular complexity index is 528. The van der Waals surface area contributed by atoms with E-state index in [-0.39, 0.29) is 0 Å². The van der Waals surface area contributed by atoms with Crippen molar-refractivity contribution in [2.75, 3.05) is 0 Å². The van der Waals surface area contributed by atoms with Crippen LogP contribution in [0, 0.1) is 0 Å². The van der Waals surface area contributed by atoms with Crippen molar-refractivity contribution in [2.24, 2.45) is 0 Å². The summed E-state index contributed by atoms with van der Waals surface area (Å²) in [6.45, 7) is 0. The minimum absolute atomic E-state index is 1.02. The molecule has 6 rings (SSSR count). The van der Waals surface area contributed by atoms with Crippen LogP contribution in [0.5, 0.6) is 0 Å². The molecule has 0 fully saturated rings. The molecular weight excluding hydrogens is 541 g/mol. The zero-order chi connectivity index (χ0) is 16.8. The summed E-state index contributed by atoms with van der Waals surface area (Å²) in [5.74, 6) is 4.08. The first kappa shape index (κ1) is 20.3. The maximum atomic E-state index is 6.60. The summed E-state index contributed by atoms with van der Waals surface area (Å²) in [6, 6.07) is 17.9. The van der Waals surface area contributed by atoms with Gasteiger partial charge in [-0.1, -0.05) is 0 Å². The molecule has 0 unspecified atom stereocenters. The number of hydrogen-bond acceptors (Lipinski definition) is 4. The van der Waals surface area contributed by atoms with Crippen molar-refractivity contribution in [3.05, 3.63) is 70.8 Å². The van der Waals surface area contributed by atoms with Crippen LogP contribution in [-0.2, 0) is 23.0 Å². The van der Waals surface area contributed by atoms with Gasteiger partial charge in [0.1, 0.15) is 0 Å². The Labute approximate surface area is 174 Å². The molecule has 0 aliphatic carbocycles. The quantitative estimate of drug-likeness (QED) is 0.328. The molecule has 0 amide bonds. The van der Waals surface area contributed by atoms with Crippen LogP contribution in [0.4, 0.5) is 0 Å². The molecule has 4 heterocycles. The average Bonchev–Trinajstić information content (AvgIpc) is 2.62. The van der Waals surface area contributed by atoms with Crippen LogP contribution in [-0.4, -0.2) is 22.8 Å². The molecule has 0 saturated carbocycles. The van der Waals surface area contributed by atoms with E-state index in [1.54, 1.807) is 0 Å². The van der Waals surface area contributed by atoms with E-state index >= 15 is 0 Å². The Morgan fingerprint density at radius 2 is 0.708 bits per heavy atom. The summed E-state index contributed by atoms with van der Waals surface area (Å²) in [7, 11) is 21.0. The molecule has 4 bridgehead atoms. The zero-order valence-corrected chi connectivity index (χ0v) is 21.3. The van der Waals surface area contributed by atoms with E-state index in [9.17, 15) is 0 Å². The molecule has 4 aliphatic heterocycles. The van der Waals surface area contributed by atoms with E-state index in [4.69, 9.17) is 19.9 Å². The fourth-order valence-corrected chi connectivity index (χ4v) is 19.9. The van der Waals surface area contributed by atoms with Crippen molar-refractivity contribution < 1.29 is 0 Å². The fraction of sp³-hybridized carbons (Fsp3) is 0.250. The van der Waals surface area contributed by atoms with Crippen LogP contribution in [0.3, 0.4) is 0 Å². The predicted octanol–water partition coefficient (Wildman–Crippen LogP) is 6.78. The second-order valence-electron chi connectivity index (χ2n) is 5.15. The molecule has 0 aromatic heterocycles. The molecule has 0 N–H and O–H groups in total. The molecular formula is C16H16As2Cl2S4. The van der Waals surface area contributed by atoms with Crippen LogP contribution >= 0.6 is 60.0 Å². The van der Waals surface area contributed by atoms with Gasteiger partial charge in [0.2, 0.25) is 0 Å². The van der Waals surface area contributed by atoms with E-state index in [0.29, 0.717) is 0 Å². The van der Waals surface area contributed by atoms with E-state index < -0.39 is 22.8 Å². The van der Waals surface area contributed by atoms with Gasteiger partial charge in [0.05, 0.1) is 0 Å². The van der Waals surface area contributed by atoms with Crippen molar-refractivity contribution in [1.82, 2.24) is 0 Å². The third-order valence-corrected chi connectivity index (χ3v) is 27.1. The molecule has 0 atom stereocenters. The van der Waals surface area contributed by atoms with Gasteiger partial charge in [0, 0.05) is 0 Å². The van der Waals surface area contributed by atoms with Gasteiger partial charge in [-0.25, -0.2) is 0 Å². The van der Waals surface area contributed by atoms with Gasteiger partial charge in [-0.05, 0) is 0 Å². The topological polar surface area (TPSA) is 0 Å². The number of halogens is 2. The van der Waals surface area contributed by atoms with Gasteiger partial charge in [0.25, 0.3) is 0 Å². The number of hydrogen-bond donors (Lipinski definition) is 0. The normalized spacial score (nSPS) is 22.9. The van der Waals surface area contributed by atoms with Crippen LogP contribution in [0.15, 0.2) is 48.5 Å². The van der Waals surface area contributed by atoms with Crippen LogP contribution < -0.4 is 0 Å². The fourth-order valence-electron chi connectivity index (χ4n) is 2.04. The van der Waals surface area contributed by atoms with Gasteiger partial charge in [-0.2, -0.15) is 0 Å². The predicted molar refractivity (Wildman–Crippen MR) is 121 cm³/mol. The monoisotopic (exact) mass is 556 g/mol. The first-order valence-electron chi connectivity index (χ1n) is 7.28. The van der Waals surface area contributed by atoms with Gasteiger partial charge in [-0.3, -0.25) is 0 Å². The second kappa shape index (κ2) is 10.8. The molecule has 0 radical (unpaired) electrons. The van der Waals surface area contributed by atoms with Crippen LogP contribution in [0.2, 0.25) is 0 Å². The zero-order valence-electron chi connectivity index (χ0n) is 12.7. The van der Waals surface area contributed by atoms with E-state index in [1.165, 1.54) is 22.3 Å². The Hall–Kier alpha value is 1.54. The van der Waals surface area contributed by atoms with Crippen molar-refractivity contribution in [3.8, 4) is 0 Å². The molecule has 2 aromatic carbocycles. The molecule has 4 aliphatic rings. The number of rotatable bonds is 0. The van der Waals surface area contributed by atoms with E-state index in [0.717, 1.165) is 23.0 Å². The Morgan fingerprint density at radius 3 is 0.917 bits per heavy atom. The number of benzene rings is 2. The molecule has 2 aromatic rings. The van der Waals surface area contributed by atoms with E-state index in [1.807, 2.05) is 40.1 Å². The van der Waals surface area contributed by atoms with Crippen molar-refractivity contribution >= 4 is 82.8 Å². The van der Waals surface area contributed by atoms with E-state index in [2.05, 4.69) is 48.5 Å². The van der Waals surface area contributed by atoms with Crippen LogP contribution in [0.25, 0.3) is 0 Å². The third-order valence-electron chi connectivity index (χ3n) is 3.38. The summed E-state index contributed by atoms with van der Waals surface area (Å²) in [4.78, 5) is 0. The summed E-state index contributed by atoms with van der Waals surface area (Å²) in [6.07, 6.45) is 0. The SMILES string of the molecule is Cl[As]1SCc2ccc(cc2)CS[As](Cl)SCc2ccc(cc2)CS1. The molecule has 0 spiro atoms. The second-order valence-corrected chi connectivity index (χ2v) is 33.3. The molecule has 8 heteroatoms. The van der Waals surface area contributed by atoms with Crippen LogP contribution in [0.1, 0.15) is 22.3 Å². The van der Waals surface area contributed by atoms with Crippen molar-refractivity contribution in [1.29, 1.82) is 0 Å². The van der Waals surface area contributed by atoms with Gasteiger partial charge < -0.3 is 0 Å². The average molecular weight is 557 g/mol. The summed E-state index contributed by atoms with van der Waals surface area (Å²) in [5, 5.41) is 0. The molecule has 24 heavy (non-hydrogen) atoms. The molecule has 128 valence electrons.